The van der Waals surface area contributed by atoms with Gasteiger partial charge in [0.1, 0.15) is 6.07 Å². The van der Waals surface area contributed by atoms with Crippen LogP contribution in [0.5, 0.6) is 0 Å². The number of nitrogens with zero attached hydrogens (tertiary/aromatic N) is 6. The fourth-order valence-electron chi connectivity index (χ4n) is 3.60. The molecule has 10 heteroatoms. The predicted molar refractivity (Wildman–Crippen MR) is 128 cm³/mol. The van der Waals surface area contributed by atoms with E-state index < -0.39 is 10.0 Å². The number of hydrogen-bond donors (Lipinski definition) is 0. The SMILES string of the molecule is Cc1ccc(S(=O)(=O)n2c(-c3cnn(CCCN(C)C)c3)cc3c(Cl)c(C#N)cnc32)cc1. The second kappa shape index (κ2) is 8.98. The van der Waals surface area contributed by atoms with Crippen LogP contribution in [0.25, 0.3) is 22.3 Å². The first-order valence-electron chi connectivity index (χ1n) is 10.3. The molecule has 0 saturated heterocycles. The van der Waals surface area contributed by atoms with Crippen LogP contribution >= 0.6 is 11.6 Å². The summed E-state index contributed by atoms with van der Waals surface area (Å²) in [6.45, 7) is 3.50. The Morgan fingerprint density at radius 2 is 1.91 bits per heavy atom. The van der Waals surface area contributed by atoms with Crippen LogP contribution in [0, 0.1) is 18.3 Å². The van der Waals surface area contributed by atoms with Crippen molar-refractivity contribution in [3.63, 3.8) is 0 Å². The van der Waals surface area contributed by atoms with Crippen molar-refractivity contribution in [3.05, 3.63) is 65.1 Å². The lowest BCUT2D eigenvalue weighted by molar-refractivity contribution is 0.380. The zero-order valence-electron chi connectivity index (χ0n) is 18.5. The summed E-state index contributed by atoms with van der Waals surface area (Å²) >= 11 is 6.44. The van der Waals surface area contributed by atoms with Gasteiger partial charge >= 0.3 is 0 Å². The topological polar surface area (TPSA) is 96.8 Å². The maximum atomic E-state index is 13.7. The van der Waals surface area contributed by atoms with E-state index in [4.69, 9.17) is 11.6 Å². The van der Waals surface area contributed by atoms with Gasteiger partial charge in [0.25, 0.3) is 10.0 Å². The van der Waals surface area contributed by atoms with Crippen molar-refractivity contribution in [1.29, 1.82) is 5.26 Å². The van der Waals surface area contributed by atoms with E-state index in [1.54, 1.807) is 41.2 Å². The fraction of sp³-hybridized carbons (Fsp3) is 0.261. The summed E-state index contributed by atoms with van der Waals surface area (Å²) in [5.41, 5.74) is 2.29. The first kappa shape index (κ1) is 23.0. The van der Waals surface area contributed by atoms with E-state index in [0.717, 1.165) is 18.5 Å². The van der Waals surface area contributed by atoms with Gasteiger partial charge in [-0.1, -0.05) is 29.3 Å². The second-order valence-corrected chi connectivity index (χ2v) is 10.3. The Balaban J connectivity index is 1.89. The van der Waals surface area contributed by atoms with Crippen LogP contribution in [0.1, 0.15) is 17.5 Å². The summed E-state index contributed by atoms with van der Waals surface area (Å²) in [5, 5.41) is 14.3. The van der Waals surface area contributed by atoms with Crippen LogP contribution in [0.15, 0.2) is 53.8 Å². The number of aryl methyl sites for hydroxylation is 2. The van der Waals surface area contributed by atoms with Crippen LogP contribution in [-0.2, 0) is 16.6 Å². The summed E-state index contributed by atoms with van der Waals surface area (Å²) in [4.78, 5) is 6.51. The Bertz CT molecular complexity index is 1460. The van der Waals surface area contributed by atoms with Crippen LogP contribution in [-0.4, -0.2) is 52.7 Å². The molecule has 0 atom stereocenters. The first-order chi connectivity index (χ1) is 15.7. The molecule has 0 bridgehead atoms. The predicted octanol–water partition coefficient (Wildman–Crippen LogP) is 3.92. The lowest BCUT2D eigenvalue weighted by Gasteiger charge is -2.11. The monoisotopic (exact) mass is 482 g/mol. The number of aromatic nitrogens is 4. The fourth-order valence-corrected chi connectivity index (χ4v) is 5.31. The number of benzene rings is 1. The van der Waals surface area contributed by atoms with Crippen molar-refractivity contribution in [2.75, 3.05) is 20.6 Å². The molecule has 0 saturated carbocycles. The standard InChI is InChI=1S/C23H23ClN6O2S/c1-16-5-7-19(8-6-16)33(31,32)30-21(11-20-22(24)17(12-25)13-26-23(20)30)18-14-27-29(15-18)10-4-9-28(2)3/h5-8,11,13-15H,4,9-10H2,1-3H3. The number of hydrogen-bond acceptors (Lipinski definition) is 6. The molecule has 3 heterocycles. The van der Waals surface area contributed by atoms with E-state index in [1.807, 2.05) is 33.3 Å². The molecule has 0 fully saturated rings. The molecule has 0 aliphatic carbocycles. The van der Waals surface area contributed by atoms with Gasteiger partial charge in [-0.2, -0.15) is 10.4 Å². The molecule has 0 radical (unpaired) electrons. The molecule has 33 heavy (non-hydrogen) atoms. The molecule has 1 aromatic carbocycles. The van der Waals surface area contributed by atoms with Gasteiger partial charge in [0.05, 0.1) is 27.4 Å². The lowest BCUT2D eigenvalue weighted by atomic mass is 10.2. The Labute approximate surface area is 197 Å². The third-order valence-corrected chi connectivity index (χ3v) is 7.45. The minimum atomic E-state index is -4.00. The van der Waals surface area contributed by atoms with Crippen molar-refractivity contribution in [2.45, 2.75) is 24.8 Å². The number of fused-ring (bicyclic) bond motifs is 1. The number of pyridine rings is 1. The van der Waals surface area contributed by atoms with Gasteiger partial charge in [-0.15, -0.1) is 0 Å². The summed E-state index contributed by atoms with van der Waals surface area (Å²) in [5.74, 6) is 0. The maximum absolute atomic E-state index is 13.7. The number of rotatable bonds is 7. The van der Waals surface area contributed by atoms with Crippen LogP contribution in [0.4, 0.5) is 0 Å². The molecule has 0 spiro atoms. The third kappa shape index (κ3) is 4.37. The van der Waals surface area contributed by atoms with Gasteiger partial charge in [0, 0.05) is 29.9 Å². The van der Waals surface area contributed by atoms with Gasteiger partial charge in [-0.25, -0.2) is 17.4 Å². The van der Waals surface area contributed by atoms with Gasteiger partial charge < -0.3 is 4.90 Å². The third-order valence-electron chi connectivity index (χ3n) is 5.32. The Morgan fingerprint density at radius 3 is 2.58 bits per heavy atom. The normalized spacial score (nSPS) is 11.9. The Kier molecular flexibility index (Phi) is 6.26. The molecule has 0 aliphatic rings. The van der Waals surface area contributed by atoms with E-state index >= 15 is 0 Å². The molecule has 170 valence electrons. The zero-order chi connectivity index (χ0) is 23.8. The zero-order valence-corrected chi connectivity index (χ0v) is 20.1. The molecule has 0 N–H and O–H groups in total. The highest BCUT2D eigenvalue weighted by atomic mass is 35.5. The summed E-state index contributed by atoms with van der Waals surface area (Å²) in [6, 6.07) is 10.3. The molecule has 4 aromatic rings. The minimum Gasteiger partial charge on any atom is -0.309 e. The molecular weight excluding hydrogens is 460 g/mol. The summed E-state index contributed by atoms with van der Waals surface area (Å²) in [6.07, 6.45) is 5.63. The second-order valence-electron chi connectivity index (χ2n) is 8.10. The van der Waals surface area contributed by atoms with E-state index in [0.29, 0.717) is 23.2 Å². The molecule has 3 aromatic heterocycles. The summed E-state index contributed by atoms with van der Waals surface area (Å²) < 4.78 is 30.4. The first-order valence-corrected chi connectivity index (χ1v) is 12.1. The minimum absolute atomic E-state index is 0.132. The average Bonchev–Trinajstić information content (AvgIpc) is 3.39. The molecule has 0 amide bonds. The number of nitriles is 1. The molecule has 8 nitrogen and oxygen atoms in total. The smallest absolute Gasteiger partial charge is 0.269 e. The van der Waals surface area contributed by atoms with Crippen molar-refractivity contribution < 1.29 is 8.42 Å². The van der Waals surface area contributed by atoms with E-state index in [1.165, 1.54) is 10.2 Å². The van der Waals surface area contributed by atoms with Crippen LogP contribution in [0.3, 0.4) is 0 Å². The van der Waals surface area contributed by atoms with Gasteiger partial charge in [0.2, 0.25) is 0 Å². The quantitative estimate of drug-likeness (QED) is 0.396. The Morgan fingerprint density at radius 1 is 1.18 bits per heavy atom. The maximum Gasteiger partial charge on any atom is 0.269 e. The van der Waals surface area contributed by atoms with E-state index in [2.05, 4.69) is 15.0 Å². The largest absolute Gasteiger partial charge is 0.309 e. The van der Waals surface area contributed by atoms with E-state index in [-0.39, 0.29) is 21.1 Å². The highest BCUT2D eigenvalue weighted by Crippen LogP contribution is 2.35. The molecule has 0 unspecified atom stereocenters. The number of halogens is 1. The van der Waals surface area contributed by atoms with Gasteiger partial charge in [0.15, 0.2) is 5.65 Å². The van der Waals surface area contributed by atoms with Gasteiger partial charge in [-0.3, -0.25) is 4.68 Å². The highest BCUT2D eigenvalue weighted by molar-refractivity contribution is 7.90. The van der Waals surface area contributed by atoms with Crippen molar-refractivity contribution in [3.8, 4) is 17.3 Å². The van der Waals surface area contributed by atoms with Crippen molar-refractivity contribution in [1.82, 2.24) is 23.6 Å². The molecular formula is C23H23ClN6O2S. The Hall–Kier alpha value is -3.19. The average molecular weight is 483 g/mol. The van der Waals surface area contributed by atoms with Crippen molar-refractivity contribution >= 4 is 32.7 Å². The summed E-state index contributed by atoms with van der Waals surface area (Å²) in [7, 11) is 0.0140. The van der Waals surface area contributed by atoms with Crippen LogP contribution < -0.4 is 0 Å². The molecule has 0 aliphatic heterocycles. The molecule has 4 rings (SSSR count). The van der Waals surface area contributed by atoms with Crippen LogP contribution in [0.2, 0.25) is 5.02 Å². The highest BCUT2D eigenvalue weighted by Gasteiger charge is 2.27. The van der Waals surface area contributed by atoms with Gasteiger partial charge in [-0.05, 0) is 52.2 Å². The van der Waals surface area contributed by atoms with E-state index in [9.17, 15) is 13.7 Å². The lowest BCUT2D eigenvalue weighted by Crippen LogP contribution is -2.15. The van der Waals surface area contributed by atoms with Crippen molar-refractivity contribution in [2.24, 2.45) is 0 Å².